The van der Waals surface area contributed by atoms with Gasteiger partial charge >= 0.3 is 0 Å². The van der Waals surface area contributed by atoms with Crippen LogP contribution in [0.15, 0.2) is 181 Å². The number of hydrogen-bond donors (Lipinski definition) is 0. The van der Waals surface area contributed by atoms with Gasteiger partial charge in [-0.1, -0.05) is 86.1 Å². The van der Waals surface area contributed by atoms with Crippen molar-refractivity contribution in [3.05, 3.63) is 307 Å². The van der Waals surface area contributed by atoms with Crippen LogP contribution in [-0.4, -0.2) is 199 Å². The summed E-state index contributed by atoms with van der Waals surface area (Å²) in [4.78, 5) is 112. The van der Waals surface area contributed by atoms with E-state index in [1.807, 2.05) is 146 Å². The smallest absolute Gasteiger partial charge is 0.227 e. The zero-order chi connectivity index (χ0) is 96.7. The van der Waals surface area contributed by atoms with Crippen LogP contribution in [0.3, 0.4) is 0 Å². The molecule has 12 heterocycles. The van der Waals surface area contributed by atoms with Crippen LogP contribution in [0.5, 0.6) is 0 Å². The predicted octanol–water partition coefficient (Wildman–Crippen LogP) is 20.4. The van der Waals surface area contributed by atoms with E-state index >= 15 is 0 Å². The van der Waals surface area contributed by atoms with E-state index in [0.29, 0.717) is 54.4 Å². The summed E-state index contributed by atoms with van der Waals surface area (Å²) >= 11 is 50.6. The van der Waals surface area contributed by atoms with Crippen molar-refractivity contribution in [1.82, 2.24) is 59.1 Å². The number of hydrogen-bond acceptors (Lipinski definition) is 12. The van der Waals surface area contributed by atoms with Crippen molar-refractivity contribution in [3.63, 3.8) is 0 Å². The lowest BCUT2D eigenvalue weighted by molar-refractivity contribution is -0.671. The summed E-state index contributed by atoms with van der Waals surface area (Å²) < 4.78 is 9.04. The molecule has 724 valence electrons. The summed E-state index contributed by atoms with van der Waals surface area (Å²) in [7, 11) is 3.96. The fourth-order valence-electron chi connectivity index (χ4n) is 22.6. The molecule has 6 amide bonds. The summed E-state index contributed by atoms with van der Waals surface area (Å²) in [6, 6.07) is 37.6. The number of aromatic nitrogens is 6. The minimum absolute atomic E-state index is 0.0780. The zero-order valence-electron chi connectivity index (χ0n) is 78.6. The number of halogens is 10. The Morgan fingerprint density at radius 1 is 0.333 bits per heavy atom. The third-order valence-corrected chi connectivity index (χ3v) is 33.7. The lowest BCUT2D eigenvalue weighted by atomic mass is 9.76. The molecule has 0 spiro atoms. The number of amides is 6. The highest BCUT2D eigenvalue weighted by atomic mass is 79.9. The minimum Gasteiger partial charge on any atom is -0.343 e. The Bertz CT molecular complexity index is 5660. The molecule has 0 bridgehead atoms. The van der Waals surface area contributed by atoms with Crippen LogP contribution in [-0.2, 0) is 107 Å². The fraction of sp³-hybridized carbons (Fsp3) is 0.444. The van der Waals surface area contributed by atoms with Crippen molar-refractivity contribution < 1.29 is 37.9 Å². The van der Waals surface area contributed by atoms with Gasteiger partial charge in [0.05, 0.1) is 47.7 Å². The number of pyridine rings is 6. The van der Waals surface area contributed by atoms with Crippen LogP contribution < -0.4 is 9.13 Å². The molecule has 2 unspecified atom stereocenters. The third kappa shape index (κ3) is 24.7. The van der Waals surface area contributed by atoms with E-state index < -0.39 is 0 Å². The molecular weight excluding hydrogens is 2170 g/mol. The second kappa shape index (κ2) is 46.4. The van der Waals surface area contributed by atoms with Crippen LogP contribution in [0, 0.1) is 23.7 Å². The van der Waals surface area contributed by atoms with Gasteiger partial charge in [-0.15, -0.1) is 0 Å². The lowest BCUT2D eigenvalue weighted by Crippen LogP contribution is -2.50. The Labute approximate surface area is 877 Å². The summed E-state index contributed by atoms with van der Waals surface area (Å²) in [5.74, 6) is 2.99. The van der Waals surface area contributed by atoms with Crippen LogP contribution in [0.4, 0.5) is 0 Å². The van der Waals surface area contributed by atoms with Gasteiger partial charge in [0.25, 0.3) is 0 Å². The molecule has 0 N–H and O–H groups in total. The number of carbonyl (C=O) groups excluding carboxylic acids is 6. The van der Waals surface area contributed by atoms with Crippen molar-refractivity contribution in [3.8, 4) is 0 Å². The van der Waals surface area contributed by atoms with Crippen LogP contribution in [0.25, 0.3) is 0 Å². The predicted molar refractivity (Wildman–Crippen MR) is 560 cm³/mol. The normalized spacial score (nSPS) is 19.8. The van der Waals surface area contributed by atoms with Gasteiger partial charge in [-0.05, 0) is 341 Å². The van der Waals surface area contributed by atoms with Gasteiger partial charge in [0, 0.05) is 240 Å². The van der Waals surface area contributed by atoms with Crippen molar-refractivity contribution in [2.45, 2.75) is 166 Å². The Morgan fingerprint density at radius 3 is 1.02 bits per heavy atom. The molecule has 6 fully saturated rings. The summed E-state index contributed by atoms with van der Waals surface area (Å²) in [6.45, 7) is 15.6. The third-order valence-electron chi connectivity index (χ3n) is 30.1. The highest BCUT2D eigenvalue weighted by Gasteiger charge is 2.42. The van der Waals surface area contributed by atoms with Gasteiger partial charge in [-0.2, -0.15) is 0 Å². The number of piperidine rings is 4. The maximum Gasteiger partial charge on any atom is 0.227 e. The van der Waals surface area contributed by atoms with E-state index in [9.17, 15) is 28.8 Å². The monoisotopic (exact) mass is 2280 g/mol. The first-order valence-electron chi connectivity index (χ1n) is 48.6. The highest BCUT2D eigenvalue weighted by molar-refractivity contribution is 9.11. The number of nitrogens with zero attached hydrogens (tertiary/aromatic N) is 14. The molecule has 4 aliphatic carbocycles. The standard InChI is InChI=1S/C28H32Br2ClN3O2.C28H32BrCl2N3O2.2C26H27BrClN4O/c1-17(35)33-8-4-18(5-9-33)12-25(36)34-10-6-19(7-11-34)27-26-20(14-23(31)15-24(26)30)2-3-21-13-22(29)16-32-28(21)27;1-17(35)33-8-4-18(5-9-33)12-25(36)34-10-6-19(7-11-34)27-26-20(14-23(30)15-24(26)31)2-3-21-13-22(29)16-32-28(21)27;2*1-30-8-6-18(7-9-30)14-24(33)31-10-12-32(13-11-31)26-23-5-4-22(28)16-19(23)2-3-20-15-21(27)17-29-25(20)26/h2*13-16,18-19,27H,2-12H2,1H3;2*4-9,15-17,26H,2-3,10-14H2,1H3/q;;2*+1/t;;2*26-/m..10/s1. The number of benzene rings is 4. The van der Waals surface area contributed by atoms with Crippen molar-refractivity contribution >= 4 is 173 Å². The maximum atomic E-state index is 13.2. The molecule has 20 rings (SSSR count). The molecule has 4 aromatic carbocycles. The van der Waals surface area contributed by atoms with E-state index in [0.717, 1.165) is 284 Å². The number of rotatable bonds is 12. The molecule has 10 aromatic rings. The van der Waals surface area contributed by atoms with Gasteiger partial charge < -0.3 is 29.4 Å². The van der Waals surface area contributed by atoms with Crippen LogP contribution in [0.1, 0.15) is 203 Å². The largest absolute Gasteiger partial charge is 0.343 e. The molecular formula is C108H118Br5Cl5N14O6+2. The van der Waals surface area contributed by atoms with E-state index in [1.54, 1.807) is 13.8 Å². The number of carbonyl (C=O) groups is 6. The number of piperazine rings is 2. The maximum absolute atomic E-state index is 13.2. The topological polar surface area (TPSA) is 188 Å². The van der Waals surface area contributed by atoms with Crippen molar-refractivity contribution in [2.24, 2.45) is 37.8 Å². The first kappa shape index (κ1) is 102. The van der Waals surface area contributed by atoms with Gasteiger partial charge in [-0.25, -0.2) is 9.13 Å². The molecule has 4 atom stereocenters. The molecule has 0 saturated carbocycles. The van der Waals surface area contributed by atoms with Crippen LogP contribution in [0.2, 0.25) is 25.1 Å². The van der Waals surface area contributed by atoms with E-state index in [1.165, 1.54) is 66.9 Å². The summed E-state index contributed by atoms with van der Waals surface area (Å²) in [5, 5.41) is 3.70. The number of aryl methyl sites for hydroxylation is 10. The van der Waals surface area contributed by atoms with E-state index in [-0.39, 0.29) is 59.4 Å². The second-order valence-corrected chi connectivity index (χ2v) is 45.5. The molecule has 0 radical (unpaired) electrons. The molecule has 6 aliphatic heterocycles. The van der Waals surface area contributed by atoms with Crippen molar-refractivity contribution in [1.29, 1.82) is 0 Å². The van der Waals surface area contributed by atoms with Gasteiger partial charge in [-0.3, -0.25) is 58.5 Å². The van der Waals surface area contributed by atoms with Gasteiger partial charge in [0.2, 0.25) is 35.4 Å². The summed E-state index contributed by atoms with van der Waals surface area (Å²) in [6.07, 6.45) is 32.5. The van der Waals surface area contributed by atoms with Crippen molar-refractivity contribution in [2.75, 3.05) is 105 Å². The number of likely N-dealkylation sites (tertiary alicyclic amines) is 4. The highest BCUT2D eigenvalue weighted by Crippen LogP contribution is 2.50. The first-order chi connectivity index (χ1) is 66.5. The quantitative estimate of drug-likeness (QED) is 0.105. The molecule has 20 nitrogen and oxygen atoms in total. The van der Waals surface area contributed by atoms with E-state index in [2.05, 4.69) is 155 Å². The zero-order valence-corrected chi connectivity index (χ0v) is 90.3. The molecule has 6 aromatic heterocycles. The van der Waals surface area contributed by atoms with Gasteiger partial charge in [0.1, 0.15) is 14.1 Å². The molecule has 138 heavy (non-hydrogen) atoms. The average molecular weight is 2290 g/mol. The average Bonchev–Trinajstić information content (AvgIpc) is 1.52. The Morgan fingerprint density at radius 2 is 0.645 bits per heavy atom. The molecule has 6 saturated heterocycles. The van der Waals surface area contributed by atoms with E-state index in [4.69, 9.17) is 77.9 Å². The van der Waals surface area contributed by atoms with Gasteiger partial charge in [0.15, 0.2) is 24.8 Å². The molecule has 30 heteroatoms. The Hall–Kier alpha value is -7.63. The lowest BCUT2D eigenvalue weighted by Gasteiger charge is -2.40. The molecule has 10 aliphatic rings. The number of fused-ring (bicyclic) bond motifs is 8. The second-order valence-electron chi connectivity index (χ2n) is 38.8. The van der Waals surface area contributed by atoms with Crippen LogP contribution >= 0.6 is 138 Å². The Balaban J connectivity index is 0.000000127. The SMILES string of the molecule is CC(=O)N1CCC(CC(=O)N2CCC(C3c4ncc(Br)cc4CCc4cc(Cl)cc(Br)c43)CC2)CC1.CC(=O)N1CCC(CC(=O)N2CCC(C3c4ncc(Br)cc4CCc4cc(Cl)cc(Cl)c43)CC2)CC1.C[n+]1ccc(CC(=O)N2CCN([C@@H]3c4ccc(Cl)cc4CCc4cc(Br)cnc43)CC2)cc1.C[n+]1ccc(CC(=O)N2CCN([C@H]3c4ccc(Cl)cc4CCc4cc(Br)cnc43)CC2)cc1. The summed E-state index contributed by atoms with van der Waals surface area (Å²) in [5.41, 5.74) is 21.9. The Kier molecular flexibility index (Phi) is 34.2. The first-order valence-corrected chi connectivity index (χ1v) is 54.5. The minimum atomic E-state index is 0.0780. The fourth-order valence-corrected chi connectivity index (χ4v) is 26.3.